The first kappa shape index (κ1) is 14.6. The zero-order valence-electron chi connectivity index (χ0n) is 12.5. The van der Waals surface area contributed by atoms with Gasteiger partial charge in [-0.1, -0.05) is 37.6 Å². The fraction of sp³-hybridized carbons (Fsp3) is 0.471. The summed E-state index contributed by atoms with van der Waals surface area (Å²) in [5.74, 6) is 1.02. The molecule has 2 rings (SSSR count). The molecule has 0 fully saturated rings. The molecule has 1 aromatic carbocycles. The number of aliphatic imine (C=N–C) groups is 1. The molecule has 1 aromatic rings. The van der Waals surface area contributed by atoms with Gasteiger partial charge in [0.1, 0.15) is 0 Å². The maximum Gasteiger partial charge on any atom is 0.193 e. The van der Waals surface area contributed by atoms with Crippen molar-refractivity contribution >= 4 is 11.6 Å². The van der Waals surface area contributed by atoms with E-state index in [-0.39, 0.29) is 0 Å². The van der Waals surface area contributed by atoms with E-state index in [1.807, 2.05) is 12.1 Å². The minimum atomic E-state index is 0.504. The molecule has 3 heteroatoms. The molecule has 0 atom stereocenters. The predicted octanol–water partition coefficient (Wildman–Crippen LogP) is 4.04. The first-order valence-corrected chi connectivity index (χ1v) is 7.50. The number of hydrogen-bond donors (Lipinski definition) is 2. The van der Waals surface area contributed by atoms with E-state index in [4.69, 9.17) is 5.73 Å². The van der Waals surface area contributed by atoms with Gasteiger partial charge in [0, 0.05) is 12.2 Å². The average molecular weight is 271 g/mol. The molecule has 0 aliphatic heterocycles. The molecule has 0 bridgehead atoms. The van der Waals surface area contributed by atoms with Crippen LogP contribution in [0.15, 0.2) is 40.9 Å². The van der Waals surface area contributed by atoms with Gasteiger partial charge in [-0.3, -0.25) is 4.99 Å². The third-order valence-electron chi connectivity index (χ3n) is 3.68. The topological polar surface area (TPSA) is 50.4 Å². The predicted molar refractivity (Wildman–Crippen MR) is 87.2 cm³/mol. The van der Waals surface area contributed by atoms with Crippen LogP contribution in [0.25, 0.3) is 0 Å². The maximum absolute atomic E-state index is 5.94. The summed E-state index contributed by atoms with van der Waals surface area (Å²) in [4.78, 5) is 4.40. The summed E-state index contributed by atoms with van der Waals surface area (Å²) in [6, 6.07) is 8.34. The lowest BCUT2D eigenvalue weighted by Gasteiger charge is -2.10. The second kappa shape index (κ2) is 7.13. The number of hydrogen-bond acceptors (Lipinski definition) is 1. The Morgan fingerprint density at radius 1 is 1.40 bits per heavy atom. The minimum Gasteiger partial charge on any atom is -0.370 e. The number of nitrogens with zero attached hydrogens (tertiary/aromatic N) is 1. The van der Waals surface area contributed by atoms with Crippen LogP contribution < -0.4 is 11.1 Å². The Morgan fingerprint density at radius 3 is 2.95 bits per heavy atom. The van der Waals surface area contributed by atoms with E-state index in [0.29, 0.717) is 11.9 Å². The molecule has 108 valence electrons. The van der Waals surface area contributed by atoms with Crippen molar-refractivity contribution in [3.63, 3.8) is 0 Å². The van der Waals surface area contributed by atoms with E-state index < -0.39 is 0 Å². The van der Waals surface area contributed by atoms with Crippen molar-refractivity contribution in [2.75, 3.05) is 11.9 Å². The van der Waals surface area contributed by atoms with Crippen LogP contribution in [0.1, 0.15) is 51.0 Å². The Hall–Kier alpha value is -1.77. The van der Waals surface area contributed by atoms with Gasteiger partial charge in [-0.15, -0.1) is 0 Å². The zero-order valence-corrected chi connectivity index (χ0v) is 12.5. The lowest BCUT2D eigenvalue weighted by atomic mass is 10.0. The minimum absolute atomic E-state index is 0.504. The number of allylic oxidation sites excluding steroid dienone is 1. The highest BCUT2D eigenvalue weighted by atomic mass is 15.1. The average Bonchev–Trinajstić information content (AvgIpc) is 2.92. The summed E-state index contributed by atoms with van der Waals surface area (Å²) in [5.41, 5.74) is 9.78. The van der Waals surface area contributed by atoms with E-state index in [0.717, 1.165) is 18.7 Å². The van der Waals surface area contributed by atoms with Gasteiger partial charge in [0.05, 0.1) is 0 Å². The summed E-state index contributed by atoms with van der Waals surface area (Å²) < 4.78 is 0. The highest BCUT2D eigenvalue weighted by Crippen LogP contribution is 2.20. The largest absolute Gasteiger partial charge is 0.370 e. The Balaban J connectivity index is 1.86. The Morgan fingerprint density at radius 2 is 2.25 bits per heavy atom. The van der Waals surface area contributed by atoms with Gasteiger partial charge in [0.25, 0.3) is 0 Å². The quantitative estimate of drug-likeness (QED) is 0.482. The normalized spacial score (nSPS) is 15.6. The first-order chi connectivity index (χ1) is 9.65. The zero-order chi connectivity index (χ0) is 14.4. The Labute approximate surface area is 122 Å². The van der Waals surface area contributed by atoms with Crippen molar-refractivity contribution in [2.45, 2.75) is 45.4 Å². The molecule has 0 heterocycles. The summed E-state index contributed by atoms with van der Waals surface area (Å²) in [6.45, 7) is 5.15. The van der Waals surface area contributed by atoms with Crippen molar-refractivity contribution in [2.24, 2.45) is 10.7 Å². The summed E-state index contributed by atoms with van der Waals surface area (Å²) >= 11 is 0. The standard InChI is InChI=1S/C17H25N3/c1-13(2)15-8-5-9-16(12-15)20-17(18)19-11-10-14-6-3-4-7-14/h5-6,8-9,12-13H,3-4,7,10-11H2,1-2H3,(H3,18,19,20). The number of guanidine groups is 1. The number of benzene rings is 1. The summed E-state index contributed by atoms with van der Waals surface area (Å²) in [6.07, 6.45) is 7.14. The fourth-order valence-electron chi connectivity index (χ4n) is 2.45. The van der Waals surface area contributed by atoms with Gasteiger partial charge in [0.15, 0.2) is 5.96 Å². The molecular formula is C17H25N3. The van der Waals surface area contributed by atoms with Gasteiger partial charge >= 0.3 is 0 Å². The summed E-state index contributed by atoms with van der Waals surface area (Å²) in [7, 11) is 0. The van der Waals surface area contributed by atoms with Gasteiger partial charge in [-0.05, 0) is 49.3 Å². The van der Waals surface area contributed by atoms with Gasteiger partial charge in [-0.2, -0.15) is 0 Å². The van der Waals surface area contributed by atoms with E-state index >= 15 is 0 Å². The Kier molecular flexibility index (Phi) is 5.22. The molecule has 0 unspecified atom stereocenters. The molecule has 3 nitrogen and oxygen atoms in total. The highest BCUT2D eigenvalue weighted by Gasteiger charge is 2.04. The molecule has 0 saturated carbocycles. The maximum atomic E-state index is 5.94. The van der Waals surface area contributed by atoms with E-state index in [2.05, 4.69) is 42.4 Å². The molecule has 0 aromatic heterocycles. The smallest absolute Gasteiger partial charge is 0.193 e. The molecule has 0 amide bonds. The van der Waals surface area contributed by atoms with Crippen molar-refractivity contribution in [3.05, 3.63) is 41.5 Å². The molecular weight excluding hydrogens is 246 g/mol. The first-order valence-electron chi connectivity index (χ1n) is 7.50. The SMILES string of the molecule is CC(C)c1cccc(NC(N)=NCCC2=CCCC2)c1. The van der Waals surface area contributed by atoms with Crippen LogP contribution in [0.4, 0.5) is 5.69 Å². The summed E-state index contributed by atoms with van der Waals surface area (Å²) in [5, 5.41) is 3.17. The van der Waals surface area contributed by atoms with Gasteiger partial charge in [0.2, 0.25) is 0 Å². The van der Waals surface area contributed by atoms with Crippen LogP contribution in [0.5, 0.6) is 0 Å². The van der Waals surface area contributed by atoms with E-state index in [9.17, 15) is 0 Å². The van der Waals surface area contributed by atoms with E-state index in [1.165, 1.54) is 30.4 Å². The molecule has 0 spiro atoms. The van der Waals surface area contributed by atoms with Gasteiger partial charge in [-0.25, -0.2) is 0 Å². The van der Waals surface area contributed by atoms with Crippen LogP contribution in [0.2, 0.25) is 0 Å². The van der Waals surface area contributed by atoms with Crippen molar-refractivity contribution < 1.29 is 0 Å². The van der Waals surface area contributed by atoms with Crippen LogP contribution in [0.3, 0.4) is 0 Å². The van der Waals surface area contributed by atoms with Crippen LogP contribution >= 0.6 is 0 Å². The van der Waals surface area contributed by atoms with Crippen LogP contribution in [-0.4, -0.2) is 12.5 Å². The molecule has 1 aliphatic rings. The highest BCUT2D eigenvalue weighted by molar-refractivity contribution is 5.92. The van der Waals surface area contributed by atoms with Crippen LogP contribution in [-0.2, 0) is 0 Å². The number of anilines is 1. The van der Waals surface area contributed by atoms with Gasteiger partial charge < -0.3 is 11.1 Å². The molecule has 1 aliphatic carbocycles. The van der Waals surface area contributed by atoms with Crippen molar-refractivity contribution in [3.8, 4) is 0 Å². The van der Waals surface area contributed by atoms with Crippen molar-refractivity contribution in [1.29, 1.82) is 0 Å². The molecule has 3 N–H and O–H groups in total. The van der Waals surface area contributed by atoms with Crippen molar-refractivity contribution in [1.82, 2.24) is 0 Å². The number of nitrogens with one attached hydrogen (secondary N) is 1. The lowest BCUT2D eigenvalue weighted by molar-refractivity contribution is 0.850. The second-order valence-electron chi connectivity index (χ2n) is 5.68. The molecule has 0 radical (unpaired) electrons. The monoisotopic (exact) mass is 271 g/mol. The molecule has 20 heavy (non-hydrogen) atoms. The van der Waals surface area contributed by atoms with Crippen LogP contribution in [0, 0.1) is 0 Å². The fourth-order valence-corrected chi connectivity index (χ4v) is 2.45. The Bertz CT molecular complexity index is 501. The lowest BCUT2D eigenvalue weighted by Crippen LogP contribution is -2.23. The number of nitrogens with two attached hydrogens (primary N) is 1. The van der Waals surface area contributed by atoms with E-state index in [1.54, 1.807) is 0 Å². The number of rotatable bonds is 5. The second-order valence-corrected chi connectivity index (χ2v) is 5.68. The molecule has 0 saturated heterocycles. The third kappa shape index (κ3) is 4.41. The third-order valence-corrected chi connectivity index (χ3v) is 3.68.